The molecule has 1 N–H and O–H groups in total. The maximum absolute atomic E-state index is 13.2. The maximum atomic E-state index is 13.2. The molecule has 6 nitrogen and oxygen atoms in total. The number of hydrogen-bond acceptors (Lipinski definition) is 6. The van der Waals surface area contributed by atoms with Crippen molar-refractivity contribution in [2.45, 2.75) is 23.4 Å². The van der Waals surface area contributed by atoms with Crippen LogP contribution in [-0.4, -0.2) is 42.2 Å². The van der Waals surface area contributed by atoms with Gasteiger partial charge in [0.15, 0.2) is 5.16 Å². The minimum absolute atomic E-state index is 0.0951. The van der Waals surface area contributed by atoms with Gasteiger partial charge in [-0.05, 0) is 35.2 Å². The van der Waals surface area contributed by atoms with Crippen molar-refractivity contribution >= 4 is 35.1 Å². The van der Waals surface area contributed by atoms with E-state index in [1.54, 1.807) is 6.07 Å². The zero-order valence-corrected chi connectivity index (χ0v) is 22.5. The first-order chi connectivity index (χ1) is 18.6. The van der Waals surface area contributed by atoms with Gasteiger partial charge in [0.2, 0.25) is 0 Å². The number of aromatic nitrogens is 2. The molecule has 1 fully saturated rings. The molecule has 1 amide bonds. The summed E-state index contributed by atoms with van der Waals surface area (Å²) in [7, 11) is 0. The second-order valence-corrected chi connectivity index (χ2v) is 10.4. The highest BCUT2D eigenvalue weighted by Crippen LogP contribution is 2.25. The average Bonchev–Trinajstić information content (AvgIpc) is 2.97. The quantitative estimate of drug-likeness (QED) is 0.159. The Kier molecular flexibility index (Phi) is 8.91. The van der Waals surface area contributed by atoms with Crippen LogP contribution in [0.15, 0.2) is 96.2 Å². The van der Waals surface area contributed by atoms with Gasteiger partial charge in [-0.1, -0.05) is 96.2 Å². The third-order valence-electron chi connectivity index (χ3n) is 6.37. The number of rotatable bonds is 9. The Morgan fingerprint density at radius 1 is 0.921 bits per heavy atom. The molecule has 8 heteroatoms. The lowest BCUT2D eigenvalue weighted by Crippen LogP contribution is -2.36. The number of nitrogens with one attached hydrogen (secondary N) is 1. The van der Waals surface area contributed by atoms with Crippen LogP contribution in [0, 0.1) is 0 Å². The van der Waals surface area contributed by atoms with Crippen LogP contribution in [0.3, 0.4) is 0 Å². The predicted octanol–water partition coefficient (Wildman–Crippen LogP) is 5.97. The molecule has 194 valence electrons. The summed E-state index contributed by atoms with van der Waals surface area (Å²) in [6, 6.07) is 29.7. The number of halogens is 1. The zero-order chi connectivity index (χ0) is 26.2. The number of nitrogens with zero attached hydrogens (tertiary/aromatic N) is 3. The number of amides is 1. The third kappa shape index (κ3) is 7.13. The summed E-state index contributed by atoms with van der Waals surface area (Å²) >= 11 is 7.80. The van der Waals surface area contributed by atoms with Crippen molar-refractivity contribution in [1.82, 2.24) is 15.3 Å². The molecule has 0 aliphatic carbocycles. The molecule has 4 aromatic rings. The highest BCUT2D eigenvalue weighted by atomic mass is 35.5. The number of anilines is 1. The zero-order valence-electron chi connectivity index (χ0n) is 20.9. The maximum Gasteiger partial charge on any atom is 0.251 e. The number of thioether (sulfide) groups is 1. The van der Waals surface area contributed by atoms with Gasteiger partial charge in [-0.25, -0.2) is 9.97 Å². The molecule has 1 saturated heterocycles. The van der Waals surface area contributed by atoms with Gasteiger partial charge in [-0.3, -0.25) is 4.79 Å². The molecule has 2 heterocycles. The molecule has 1 aliphatic rings. The van der Waals surface area contributed by atoms with Crippen LogP contribution in [0.4, 0.5) is 5.82 Å². The highest BCUT2D eigenvalue weighted by Gasteiger charge is 2.17. The molecule has 5 rings (SSSR count). The van der Waals surface area contributed by atoms with E-state index in [2.05, 4.69) is 44.5 Å². The number of carbonyl (C=O) groups is 1. The van der Waals surface area contributed by atoms with Crippen molar-refractivity contribution in [2.24, 2.45) is 0 Å². The monoisotopic (exact) mass is 544 g/mol. The van der Waals surface area contributed by atoms with E-state index in [0.717, 1.165) is 36.5 Å². The summed E-state index contributed by atoms with van der Waals surface area (Å²) in [5.74, 6) is 1.40. The van der Waals surface area contributed by atoms with Gasteiger partial charge in [0.25, 0.3) is 5.91 Å². The second-order valence-electron chi connectivity index (χ2n) is 9.04. The molecule has 1 aromatic heterocycles. The standard InChI is InChI=1S/C30H29ClN4O2S/c31-27-20-28(35-15-17-37-18-16-35)34-30(33-27)38-21-23-11-13-25(14-12-23)29(36)32-26(24-9-5-2-6-10-24)19-22-7-3-1-4-8-22/h1-14,20,26H,15-19,21H2,(H,32,36). The topological polar surface area (TPSA) is 67.4 Å². The Morgan fingerprint density at radius 2 is 1.61 bits per heavy atom. The fourth-order valence-corrected chi connectivity index (χ4v) is 5.37. The summed E-state index contributed by atoms with van der Waals surface area (Å²) in [5.41, 5.74) is 3.96. The van der Waals surface area contributed by atoms with E-state index in [1.165, 1.54) is 17.3 Å². The molecule has 0 bridgehead atoms. The Labute approximate surface area is 232 Å². The van der Waals surface area contributed by atoms with Crippen LogP contribution in [-0.2, 0) is 16.9 Å². The lowest BCUT2D eigenvalue weighted by Gasteiger charge is -2.27. The Bertz CT molecular complexity index is 1330. The van der Waals surface area contributed by atoms with Crippen molar-refractivity contribution in [3.8, 4) is 0 Å². The van der Waals surface area contributed by atoms with Gasteiger partial charge in [0.05, 0.1) is 19.3 Å². The summed E-state index contributed by atoms with van der Waals surface area (Å²) in [6.07, 6.45) is 0.720. The van der Waals surface area contributed by atoms with E-state index in [1.807, 2.05) is 60.7 Å². The van der Waals surface area contributed by atoms with E-state index >= 15 is 0 Å². The Hall–Kier alpha value is -3.39. The van der Waals surface area contributed by atoms with Crippen molar-refractivity contribution in [3.05, 3.63) is 118 Å². The van der Waals surface area contributed by atoms with Gasteiger partial charge in [-0.15, -0.1) is 0 Å². The van der Waals surface area contributed by atoms with Gasteiger partial charge < -0.3 is 15.0 Å². The second kappa shape index (κ2) is 12.9. The Morgan fingerprint density at radius 3 is 2.32 bits per heavy atom. The van der Waals surface area contributed by atoms with Crippen LogP contribution in [0.1, 0.15) is 33.1 Å². The van der Waals surface area contributed by atoms with Crippen molar-refractivity contribution in [1.29, 1.82) is 0 Å². The molecular formula is C30H29ClN4O2S. The van der Waals surface area contributed by atoms with E-state index in [4.69, 9.17) is 16.3 Å². The smallest absolute Gasteiger partial charge is 0.251 e. The summed E-state index contributed by atoms with van der Waals surface area (Å²) < 4.78 is 5.43. The van der Waals surface area contributed by atoms with Crippen LogP contribution in [0.5, 0.6) is 0 Å². The van der Waals surface area contributed by atoms with Crippen LogP contribution in [0.2, 0.25) is 5.15 Å². The number of benzene rings is 3. The molecule has 0 saturated carbocycles. The first kappa shape index (κ1) is 26.2. The molecule has 1 atom stereocenters. The third-order valence-corrected chi connectivity index (χ3v) is 7.48. The van der Waals surface area contributed by atoms with E-state index in [0.29, 0.717) is 34.8 Å². The summed E-state index contributed by atoms with van der Waals surface area (Å²) in [5, 5.41) is 4.29. The predicted molar refractivity (Wildman–Crippen MR) is 153 cm³/mol. The largest absolute Gasteiger partial charge is 0.378 e. The Balaban J connectivity index is 1.22. The minimum atomic E-state index is -0.123. The molecule has 3 aromatic carbocycles. The molecular weight excluding hydrogens is 516 g/mol. The molecule has 1 aliphatic heterocycles. The van der Waals surface area contributed by atoms with E-state index in [-0.39, 0.29) is 11.9 Å². The minimum Gasteiger partial charge on any atom is -0.378 e. The summed E-state index contributed by atoms with van der Waals surface area (Å²) in [6.45, 7) is 2.94. The SMILES string of the molecule is O=C(NC(Cc1ccccc1)c1ccccc1)c1ccc(CSc2nc(Cl)cc(N3CCOCC3)n2)cc1. The van der Waals surface area contributed by atoms with Crippen LogP contribution >= 0.6 is 23.4 Å². The average molecular weight is 545 g/mol. The lowest BCUT2D eigenvalue weighted by molar-refractivity contribution is 0.0936. The fourth-order valence-electron chi connectivity index (χ4n) is 4.33. The molecule has 0 spiro atoms. The highest BCUT2D eigenvalue weighted by molar-refractivity contribution is 7.98. The van der Waals surface area contributed by atoms with Crippen LogP contribution in [0.25, 0.3) is 0 Å². The molecule has 0 radical (unpaired) electrons. The first-order valence-electron chi connectivity index (χ1n) is 12.6. The van der Waals surface area contributed by atoms with Crippen molar-refractivity contribution < 1.29 is 9.53 Å². The van der Waals surface area contributed by atoms with Gasteiger partial charge >= 0.3 is 0 Å². The molecule has 1 unspecified atom stereocenters. The molecule has 38 heavy (non-hydrogen) atoms. The van der Waals surface area contributed by atoms with Gasteiger partial charge in [0, 0.05) is 30.5 Å². The fraction of sp³-hybridized carbons (Fsp3) is 0.233. The van der Waals surface area contributed by atoms with E-state index < -0.39 is 0 Å². The number of hydrogen-bond donors (Lipinski definition) is 1. The van der Waals surface area contributed by atoms with Crippen molar-refractivity contribution in [2.75, 3.05) is 31.2 Å². The number of carbonyl (C=O) groups excluding carboxylic acids is 1. The van der Waals surface area contributed by atoms with Gasteiger partial charge in [0.1, 0.15) is 11.0 Å². The lowest BCUT2D eigenvalue weighted by atomic mass is 9.98. The van der Waals surface area contributed by atoms with Crippen LogP contribution < -0.4 is 10.2 Å². The van der Waals surface area contributed by atoms with Gasteiger partial charge in [-0.2, -0.15) is 0 Å². The number of ether oxygens (including phenoxy) is 1. The van der Waals surface area contributed by atoms with Crippen molar-refractivity contribution in [3.63, 3.8) is 0 Å². The number of morpholine rings is 1. The summed E-state index contributed by atoms with van der Waals surface area (Å²) in [4.78, 5) is 24.4. The van der Waals surface area contributed by atoms with E-state index in [9.17, 15) is 4.79 Å². The first-order valence-corrected chi connectivity index (χ1v) is 14.0. The normalized spacial score (nSPS) is 14.2.